The summed E-state index contributed by atoms with van der Waals surface area (Å²) in [5, 5.41) is 7.06. The molecule has 3 rings (SSSR count). The zero-order valence-electron chi connectivity index (χ0n) is 16.4. The smallest absolute Gasteiger partial charge is 0.322 e. The van der Waals surface area contributed by atoms with Crippen molar-refractivity contribution in [1.82, 2.24) is 10.1 Å². The van der Waals surface area contributed by atoms with Crippen molar-refractivity contribution < 1.29 is 14.1 Å². The molecule has 0 saturated heterocycles. The van der Waals surface area contributed by atoms with Gasteiger partial charge in [0.1, 0.15) is 5.69 Å². The molecular weight excluding hydrogens is 354 g/mol. The van der Waals surface area contributed by atoms with Gasteiger partial charge in [-0.2, -0.15) is 0 Å². The molecule has 146 valence electrons. The maximum Gasteiger partial charge on any atom is 0.322 e. The molecule has 2 aromatic carbocycles. The molecule has 6 heteroatoms. The molecule has 1 N–H and O–H groups in total. The first-order valence-corrected chi connectivity index (χ1v) is 9.20. The molecule has 0 spiro atoms. The molecule has 28 heavy (non-hydrogen) atoms. The third-order valence-electron chi connectivity index (χ3n) is 4.45. The molecular formula is C22H25N3O3. The fraction of sp³-hybridized carbons (Fsp3) is 0.273. The monoisotopic (exact) mass is 379 g/mol. The molecule has 0 aliphatic rings. The van der Waals surface area contributed by atoms with Crippen LogP contribution in [0.25, 0.3) is 11.3 Å². The minimum atomic E-state index is -0.209. The highest BCUT2D eigenvalue weighted by atomic mass is 16.5. The predicted molar refractivity (Wildman–Crippen MR) is 109 cm³/mol. The molecule has 2 amide bonds. The number of hydrogen-bond donors (Lipinski definition) is 1. The van der Waals surface area contributed by atoms with Gasteiger partial charge in [-0.1, -0.05) is 41.1 Å². The lowest BCUT2D eigenvalue weighted by Crippen LogP contribution is -2.36. The Bertz CT molecular complexity index is 922. The number of rotatable bonds is 7. The first-order valence-electron chi connectivity index (χ1n) is 9.20. The molecule has 1 heterocycles. The average Bonchev–Trinajstić information content (AvgIpc) is 3.16. The quantitative estimate of drug-likeness (QED) is 0.649. The van der Waals surface area contributed by atoms with Gasteiger partial charge in [0, 0.05) is 31.0 Å². The summed E-state index contributed by atoms with van der Waals surface area (Å²) in [6, 6.07) is 17.2. The van der Waals surface area contributed by atoms with Gasteiger partial charge in [0.2, 0.25) is 0 Å². The predicted octanol–water partition coefficient (Wildman–Crippen LogP) is 4.64. The van der Waals surface area contributed by atoms with E-state index in [-0.39, 0.29) is 6.03 Å². The zero-order valence-corrected chi connectivity index (χ0v) is 16.4. The Morgan fingerprint density at radius 2 is 1.93 bits per heavy atom. The summed E-state index contributed by atoms with van der Waals surface area (Å²) in [6.07, 6.45) is 0. The van der Waals surface area contributed by atoms with Crippen LogP contribution in [0.2, 0.25) is 0 Å². The summed E-state index contributed by atoms with van der Waals surface area (Å²) in [5.41, 5.74) is 4.71. The summed E-state index contributed by atoms with van der Waals surface area (Å²) >= 11 is 0. The Kier molecular flexibility index (Phi) is 6.45. The topological polar surface area (TPSA) is 67.6 Å². The van der Waals surface area contributed by atoms with Crippen molar-refractivity contribution in [2.24, 2.45) is 0 Å². The molecule has 0 aliphatic carbocycles. The number of benzene rings is 2. The van der Waals surface area contributed by atoms with E-state index in [0.29, 0.717) is 31.2 Å². The van der Waals surface area contributed by atoms with Crippen LogP contribution in [0.4, 0.5) is 10.5 Å². The average molecular weight is 379 g/mol. The Hall–Kier alpha value is -3.12. The van der Waals surface area contributed by atoms with Gasteiger partial charge >= 0.3 is 6.03 Å². The van der Waals surface area contributed by atoms with Crippen molar-refractivity contribution in [2.45, 2.75) is 20.4 Å². The summed E-state index contributed by atoms with van der Waals surface area (Å²) in [6.45, 7) is 5.29. The molecule has 0 aliphatic heterocycles. The molecule has 6 nitrogen and oxygen atoms in total. The van der Waals surface area contributed by atoms with E-state index in [9.17, 15) is 4.79 Å². The van der Waals surface area contributed by atoms with Gasteiger partial charge in [-0.15, -0.1) is 0 Å². The molecule has 0 radical (unpaired) electrons. The summed E-state index contributed by atoms with van der Waals surface area (Å²) < 4.78 is 10.7. The number of anilines is 1. The maximum absolute atomic E-state index is 12.7. The summed E-state index contributed by atoms with van der Waals surface area (Å²) in [7, 11) is 1.61. The Labute approximate surface area is 165 Å². The van der Waals surface area contributed by atoms with Crippen LogP contribution in [-0.4, -0.2) is 36.3 Å². The van der Waals surface area contributed by atoms with Crippen LogP contribution in [0.3, 0.4) is 0 Å². The number of hydrogen-bond acceptors (Lipinski definition) is 4. The highest BCUT2D eigenvalue weighted by Crippen LogP contribution is 2.25. The van der Waals surface area contributed by atoms with Crippen molar-refractivity contribution in [1.29, 1.82) is 0 Å². The van der Waals surface area contributed by atoms with Crippen LogP contribution in [0, 0.1) is 13.8 Å². The van der Waals surface area contributed by atoms with Crippen LogP contribution < -0.4 is 5.32 Å². The van der Waals surface area contributed by atoms with E-state index in [2.05, 4.69) is 28.7 Å². The normalized spacial score (nSPS) is 10.7. The van der Waals surface area contributed by atoms with E-state index in [0.717, 1.165) is 22.4 Å². The van der Waals surface area contributed by atoms with Gasteiger partial charge in [0.05, 0.1) is 13.2 Å². The Morgan fingerprint density at radius 1 is 1.14 bits per heavy atom. The van der Waals surface area contributed by atoms with E-state index in [1.54, 1.807) is 12.0 Å². The highest BCUT2D eigenvalue weighted by molar-refractivity contribution is 5.89. The lowest BCUT2D eigenvalue weighted by molar-refractivity contribution is 0.151. The van der Waals surface area contributed by atoms with E-state index in [4.69, 9.17) is 9.26 Å². The van der Waals surface area contributed by atoms with E-state index in [1.807, 2.05) is 50.2 Å². The number of ether oxygens (including phenoxy) is 1. The van der Waals surface area contributed by atoms with Crippen LogP contribution in [-0.2, 0) is 11.3 Å². The van der Waals surface area contributed by atoms with Crippen molar-refractivity contribution in [3.63, 3.8) is 0 Å². The first kappa shape index (κ1) is 19.6. The van der Waals surface area contributed by atoms with Crippen molar-refractivity contribution >= 4 is 11.7 Å². The standard InChI is InChI=1S/C22H25N3O3/c1-16-9-10-17(2)20(13-16)21-14-19(24-28-21)15-25(11-12-27-3)22(26)23-18-7-5-4-6-8-18/h4-10,13-14H,11-12,15H2,1-3H3,(H,23,26). The Morgan fingerprint density at radius 3 is 2.68 bits per heavy atom. The van der Waals surface area contributed by atoms with Crippen molar-refractivity contribution in [3.8, 4) is 11.3 Å². The lowest BCUT2D eigenvalue weighted by Gasteiger charge is -2.21. The van der Waals surface area contributed by atoms with Gasteiger partial charge in [-0.25, -0.2) is 4.79 Å². The number of nitrogens with zero attached hydrogens (tertiary/aromatic N) is 2. The molecule has 0 saturated carbocycles. The fourth-order valence-electron chi connectivity index (χ4n) is 2.89. The van der Waals surface area contributed by atoms with Crippen molar-refractivity contribution in [2.75, 3.05) is 25.6 Å². The van der Waals surface area contributed by atoms with Gasteiger partial charge in [0.25, 0.3) is 0 Å². The van der Waals surface area contributed by atoms with E-state index in [1.165, 1.54) is 0 Å². The van der Waals surface area contributed by atoms with Crippen LogP contribution in [0.1, 0.15) is 16.8 Å². The third-order valence-corrected chi connectivity index (χ3v) is 4.45. The highest BCUT2D eigenvalue weighted by Gasteiger charge is 2.17. The minimum Gasteiger partial charge on any atom is -0.383 e. The van der Waals surface area contributed by atoms with Gasteiger partial charge in [-0.05, 0) is 37.6 Å². The molecule has 0 atom stereocenters. The summed E-state index contributed by atoms with van der Waals surface area (Å²) in [5.74, 6) is 0.700. The third kappa shape index (κ3) is 4.98. The largest absolute Gasteiger partial charge is 0.383 e. The number of methoxy groups -OCH3 is 1. The van der Waals surface area contributed by atoms with Crippen LogP contribution >= 0.6 is 0 Å². The fourth-order valence-corrected chi connectivity index (χ4v) is 2.89. The molecule has 0 fully saturated rings. The summed E-state index contributed by atoms with van der Waals surface area (Å²) in [4.78, 5) is 14.4. The SMILES string of the molecule is COCCN(Cc1cc(-c2cc(C)ccc2C)on1)C(=O)Nc1ccccc1. The number of carbonyl (C=O) groups excluding carboxylic acids is 1. The van der Waals surface area contributed by atoms with Crippen molar-refractivity contribution in [3.05, 3.63) is 71.4 Å². The van der Waals surface area contributed by atoms with Crippen LogP contribution in [0.5, 0.6) is 0 Å². The van der Waals surface area contributed by atoms with E-state index >= 15 is 0 Å². The first-order chi connectivity index (χ1) is 13.6. The number of amides is 2. The lowest BCUT2D eigenvalue weighted by atomic mass is 10.0. The van der Waals surface area contributed by atoms with E-state index < -0.39 is 0 Å². The van der Waals surface area contributed by atoms with Gasteiger partial charge < -0.3 is 19.5 Å². The zero-order chi connectivity index (χ0) is 19.9. The number of para-hydroxylation sites is 1. The number of nitrogens with one attached hydrogen (secondary N) is 1. The minimum absolute atomic E-state index is 0.209. The van der Waals surface area contributed by atoms with Gasteiger partial charge in [-0.3, -0.25) is 0 Å². The van der Waals surface area contributed by atoms with Crippen LogP contribution in [0.15, 0.2) is 59.1 Å². The second-order valence-corrected chi connectivity index (χ2v) is 6.71. The molecule has 0 bridgehead atoms. The Balaban J connectivity index is 1.75. The number of aryl methyl sites for hydroxylation is 2. The maximum atomic E-state index is 12.7. The van der Waals surface area contributed by atoms with Gasteiger partial charge in [0.15, 0.2) is 5.76 Å². The molecule has 3 aromatic rings. The second kappa shape index (κ2) is 9.19. The second-order valence-electron chi connectivity index (χ2n) is 6.71. The number of aromatic nitrogens is 1. The molecule has 1 aromatic heterocycles. The molecule has 0 unspecified atom stereocenters. The number of urea groups is 1. The number of carbonyl (C=O) groups is 1.